The van der Waals surface area contributed by atoms with E-state index in [0.717, 1.165) is 127 Å². The van der Waals surface area contributed by atoms with Gasteiger partial charge in [0.25, 0.3) is 0 Å². The maximum absolute atomic E-state index is 6.32. The molecule has 0 aliphatic heterocycles. The van der Waals surface area contributed by atoms with Gasteiger partial charge in [0.1, 0.15) is 11.5 Å². The van der Waals surface area contributed by atoms with Crippen LogP contribution in [0.25, 0.3) is 0 Å². The minimum Gasteiger partial charge on any atom is -0.493 e. The molecular weight excluding hydrogens is 1210 g/mol. The van der Waals surface area contributed by atoms with Crippen LogP contribution < -0.4 is 9.47 Å². The third-order valence-electron chi connectivity index (χ3n) is 14.4. The van der Waals surface area contributed by atoms with Gasteiger partial charge >= 0.3 is 0 Å². The molecule has 0 heterocycles. The number of unbranched alkanes of at least 4 members (excludes halogenated alkanes) is 18. The number of hydrogen-bond acceptors (Lipinski definition) is 2. The summed E-state index contributed by atoms with van der Waals surface area (Å²) in [6.45, 7) is 21.4. The summed E-state index contributed by atoms with van der Waals surface area (Å²) >= 11 is 0. The average molecular weight is 1330 g/mol. The zero-order chi connectivity index (χ0) is 62.2. The summed E-state index contributed by atoms with van der Waals surface area (Å²) in [7, 11) is 36.1. The number of benzene rings is 4. The Morgan fingerprint density at radius 1 is 0.352 bits per heavy atom. The summed E-state index contributed by atoms with van der Waals surface area (Å²) < 4.78 is 12.6. The zero-order valence-electron chi connectivity index (χ0n) is 58.7. The van der Waals surface area contributed by atoms with E-state index in [1.165, 1.54) is 168 Å². The Kier molecular flexibility index (Phi) is 88.1. The largest absolute Gasteiger partial charge is 0.493 e. The Balaban J connectivity index is -0.000000331. The average Bonchev–Trinajstić information content (AvgIpc) is 3.52. The third-order valence-corrected chi connectivity index (χ3v) is 14.4. The Labute approximate surface area is 611 Å². The summed E-state index contributed by atoms with van der Waals surface area (Å²) in [6, 6.07) is 35.3. The van der Waals surface area contributed by atoms with E-state index in [1.807, 2.05) is 0 Å². The molecule has 4 aromatic carbocycles. The van der Waals surface area contributed by atoms with E-state index in [9.17, 15) is 0 Å². The molecule has 14 heteroatoms. The summed E-state index contributed by atoms with van der Waals surface area (Å²) in [6.07, 6.45) is 44.8. The molecule has 0 amide bonds. The van der Waals surface area contributed by atoms with Gasteiger partial charge in [-0.2, -0.15) is 12.8 Å². The fraction of sp³-hybridized carbons (Fsp3) is 0.622. The van der Waals surface area contributed by atoms with Crippen LogP contribution in [0.5, 0.6) is 11.5 Å². The molecule has 0 unspecified atom stereocenters. The van der Waals surface area contributed by atoms with Crippen molar-refractivity contribution >= 4 is 73.8 Å². The van der Waals surface area contributed by atoms with Gasteiger partial charge in [0, 0.05) is 125 Å². The number of hydrogen-bond donors (Lipinski definition) is 0. The Morgan fingerprint density at radius 3 is 1.01 bits per heavy atom. The normalized spacial score (nSPS) is 9.73. The topological polar surface area (TPSA) is 18.5 Å². The molecule has 472 valence electrons. The fourth-order valence-corrected chi connectivity index (χ4v) is 9.02. The molecule has 2 nitrogen and oxygen atoms in total. The van der Waals surface area contributed by atoms with E-state index in [4.69, 9.17) is 55.9 Å². The van der Waals surface area contributed by atoms with Crippen LogP contribution in [0.15, 0.2) is 97.1 Å². The van der Waals surface area contributed by atoms with Gasteiger partial charge < -0.3 is 38.2 Å². The van der Waals surface area contributed by atoms with Gasteiger partial charge in [0.15, 0.2) is 0 Å². The quantitative estimate of drug-likeness (QED) is 0.0250. The molecular formula is C74H124B10O2Y2-4. The van der Waals surface area contributed by atoms with Gasteiger partial charge in [-0.15, -0.1) is 0 Å². The van der Waals surface area contributed by atoms with E-state index in [-0.39, 0.29) is 93.3 Å². The minimum atomic E-state index is -0.233. The number of aryl methyl sites for hydroxylation is 6. The van der Waals surface area contributed by atoms with Crippen LogP contribution in [0, 0.1) is 28.7 Å². The van der Waals surface area contributed by atoms with E-state index in [2.05, 4.69) is 152 Å². The first-order chi connectivity index (χ1) is 41.0. The predicted molar refractivity (Wildman–Crippen MR) is 403 cm³/mol. The molecule has 0 saturated carbocycles. The molecule has 4 aromatic rings. The van der Waals surface area contributed by atoms with E-state index >= 15 is 0 Å². The molecule has 16 radical (unpaired) electrons. The van der Waals surface area contributed by atoms with Crippen molar-refractivity contribution in [1.29, 1.82) is 0 Å². The molecule has 4 rings (SSSR count). The maximum atomic E-state index is 6.32. The van der Waals surface area contributed by atoms with Crippen molar-refractivity contribution in [2.24, 2.45) is 0 Å². The van der Waals surface area contributed by atoms with Crippen molar-refractivity contribution in [2.75, 3.05) is 13.2 Å². The zero-order valence-corrected chi connectivity index (χ0v) is 64.4. The molecule has 88 heavy (non-hydrogen) atoms. The summed E-state index contributed by atoms with van der Waals surface area (Å²) in [5.74, 6) is 2.11. The van der Waals surface area contributed by atoms with Gasteiger partial charge in [-0.25, -0.2) is 0 Å². The second-order valence-electron chi connectivity index (χ2n) is 22.8. The molecule has 0 aromatic heterocycles. The van der Waals surface area contributed by atoms with Crippen molar-refractivity contribution in [3.63, 3.8) is 0 Å². The van der Waals surface area contributed by atoms with Crippen molar-refractivity contribution in [3.05, 3.63) is 159 Å². The molecule has 0 saturated heterocycles. The standard InChI is InChI=1S/C40H64B5O2.C16H18.C4H9B3.C4H9B2.2C4H9.2CH3.2Y/c1-3-5-7-9-11-13-21-35-25-27-39(46-31-19-17-29-44-41)37(33-35)23-15-16-24-38-34-36(22-14-12-10-8-6-4-2)26-28-40(38)47-32-20-18-30-45(42)43;1-3-9-15(10-4-1)13-7-8-14-16-11-5-2-6-12-16;1-2-3-4-7(5)6;1-2-3-4-6-5;2*1-3-4-2;;;;/h25-28,33-34H,3-24,29-32H2,1-2H3;1-6,9-12H,7-8,13-14H2;2-4H2,1H3;2-4H2,1H3;2*1,3-4H2,2H3;2*1H3;;/q;;;;4*-1;;. The third kappa shape index (κ3) is 66.8. The predicted octanol–water partition coefficient (Wildman–Crippen LogP) is 20.4. The Hall–Kier alpha value is -0.663. The number of ether oxygens (including phenoxy) is 2. The van der Waals surface area contributed by atoms with Gasteiger partial charge in [-0.1, -0.05) is 267 Å². The summed E-state index contributed by atoms with van der Waals surface area (Å²) in [4.78, 5) is 0. The van der Waals surface area contributed by atoms with Gasteiger partial charge in [-0.3, -0.25) is 0 Å². The van der Waals surface area contributed by atoms with Crippen LogP contribution in [0.4, 0.5) is 0 Å². The van der Waals surface area contributed by atoms with Crippen LogP contribution in [-0.4, -0.2) is 87.0 Å². The number of rotatable bonds is 44. The molecule has 0 aliphatic rings. The van der Waals surface area contributed by atoms with Crippen molar-refractivity contribution < 1.29 is 74.9 Å². The fourth-order valence-electron chi connectivity index (χ4n) is 9.02. The van der Waals surface area contributed by atoms with E-state index in [0.29, 0.717) is 6.61 Å². The minimum absolute atomic E-state index is 0. The van der Waals surface area contributed by atoms with Gasteiger partial charge in [0.2, 0.25) is 0 Å². The molecule has 0 N–H and O–H groups in total. The second-order valence-corrected chi connectivity index (χ2v) is 22.8. The monoisotopic (exact) mass is 1330 g/mol. The van der Waals surface area contributed by atoms with Crippen molar-refractivity contribution in [2.45, 2.75) is 285 Å². The van der Waals surface area contributed by atoms with Gasteiger partial charge in [-0.05, 0) is 135 Å². The van der Waals surface area contributed by atoms with Crippen LogP contribution in [-0.2, 0) is 104 Å². The van der Waals surface area contributed by atoms with E-state index in [1.54, 1.807) is 14.3 Å². The molecule has 0 bridgehead atoms. The van der Waals surface area contributed by atoms with Crippen molar-refractivity contribution in [3.8, 4) is 11.5 Å². The van der Waals surface area contributed by atoms with Crippen LogP contribution in [0.1, 0.15) is 255 Å². The molecule has 0 fully saturated rings. The first-order valence-corrected chi connectivity index (χ1v) is 34.3. The second kappa shape index (κ2) is 78.8. The van der Waals surface area contributed by atoms with E-state index < -0.39 is 0 Å². The van der Waals surface area contributed by atoms with Crippen LogP contribution in [0.2, 0.25) is 25.3 Å². The Morgan fingerprint density at radius 2 is 0.670 bits per heavy atom. The van der Waals surface area contributed by atoms with Crippen molar-refractivity contribution in [1.82, 2.24) is 0 Å². The first kappa shape index (κ1) is 98.4. The van der Waals surface area contributed by atoms with Crippen LogP contribution >= 0.6 is 0 Å². The molecule has 0 spiro atoms. The van der Waals surface area contributed by atoms with Crippen LogP contribution in [0.3, 0.4) is 0 Å². The molecule has 0 atom stereocenters. The SMILES string of the molecule is [B]B([B])CCCC.[B][B]CCCC.[B][B]CCCCOc1ccc(CCCCCCCC)cc1CCCCc1cc(CCCCCCCC)ccc1OCCCCB([B])[B].[CH2-]CCC.[CH2-]CCC.[CH3-].[CH3-].[Y].[Y].c1ccc(CCCCc2ccccc2)cc1. The summed E-state index contributed by atoms with van der Waals surface area (Å²) in [5.41, 5.74) is 8.53. The van der Waals surface area contributed by atoms with Gasteiger partial charge in [0.05, 0.1) is 27.6 Å². The smallest absolute Gasteiger partial charge is 0.122 e. The molecule has 0 aliphatic carbocycles. The Bertz CT molecular complexity index is 1870. The summed E-state index contributed by atoms with van der Waals surface area (Å²) in [5, 5.41) is 0. The first-order valence-electron chi connectivity index (χ1n) is 34.3. The maximum Gasteiger partial charge on any atom is 0.122 e.